The van der Waals surface area contributed by atoms with Gasteiger partial charge in [0.1, 0.15) is 9.84 Å². The van der Waals surface area contributed by atoms with Gasteiger partial charge in [-0.3, -0.25) is 9.52 Å². The molecule has 0 unspecified atom stereocenters. The molecule has 37 heavy (non-hydrogen) atoms. The number of nitrogens with one attached hydrogen (secondary N) is 2. The van der Waals surface area contributed by atoms with Crippen molar-refractivity contribution >= 4 is 31.5 Å². The Balaban J connectivity index is 1.59. The summed E-state index contributed by atoms with van der Waals surface area (Å²) in [5.74, 6) is -1.75. The van der Waals surface area contributed by atoms with Gasteiger partial charge in [-0.15, -0.1) is 0 Å². The summed E-state index contributed by atoms with van der Waals surface area (Å²) in [6, 6.07) is 1.92. The molecule has 0 radical (unpaired) electrons. The Morgan fingerprint density at radius 2 is 1.46 bits per heavy atom. The van der Waals surface area contributed by atoms with Crippen molar-refractivity contribution in [1.29, 1.82) is 0 Å². The second kappa shape index (κ2) is 9.02. The molecule has 1 saturated heterocycles. The van der Waals surface area contributed by atoms with E-state index < -0.39 is 71.1 Å². The summed E-state index contributed by atoms with van der Waals surface area (Å²) in [7, 11) is -7.64. The third kappa shape index (κ3) is 5.57. The third-order valence-electron chi connectivity index (χ3n) is 8.01. The van der Waals surface area contributed by atoms with E-state index in [2.05, 4.69) is 10.0 Å². The Morgan fingerprint density at radius 1 is 0.919 bits per heavy atom. The first-order valence-electron chi connectivity index (χ1n) is 11.7. The van der Waals surface area contributed by atoms with Gasteiger partial charge in [-0.1, -0.05) is 0 Å². The number of hydrogen-bond acceptors (Lipinski definition) is 5. The van der Waals surface area contributed by atoms with Crippen LogP contribution in [-0.2, 0) is 26.0 Å². The van der Waals surface area contributed by atoms with Crippen LogP contribution in [0.1, 0.15) is 67.3 Å². The average molecular weight is 577 g/mol. The van der Waals surface area contributed by atoms with Crippen molar-refractivity contribution in [3.63, 3.8) is 0 Å². The highest BCUT2D eigenvalue weighted by Crippen LogP contribution is 2.59. The smallest absolute Gasteiger partial charge is 0.347 e. The zero-order chi connectivity index (χ0) is 27.5. The van der Waals surface area contributed by atoms with Gasteiger partial charge < -0.3 is 5.32 Å². The van der Waals surface area contributed by atoms with Gasteiger partial charge in [0, 0.05) is 5.54 Å². The summed E-state index contributed by atoms with van der Waals surface area (Å²) in [6.07, 6.45) is -10.3. The molecule has 2 N–H and O–H groups in total. The number of halogens is 6. The fraction of sp³-hybridized carbons (Fsp3) is 0.682. The maximum Gasteiger partial charge on any atom is 0.416 e. The van der Waals surface area contributed by atoms with E-state index in [1.54, 1.807) is 0 Å². The van der Waals surface area contributed by atoms with E-state index in [9.17, 15) is 48.0 Å². The quantitative estimate of drug-likeness (QED) is 0.505. The van der Waals surface area contributed by atoms with Gasteiger partial charge >= 0.3 is 12.4 Å². The zero-order valence-corrected chi connectivity index (χ0v) is 21.1. The van der Waals surface area contributed by atoms with Gasteiger partial charge in [0.2, 0.25) is 10.0 Å². The minimum atomic E-state index is -4.84. The van der Waals surface area contributed by atoms with E-state index in [0.29, 0.717) is 12.1 Å². The maximum atomic E-state index is 13.5. The van der Waals surface area contributed by atoms with Crippen molar-refractivity contribution in [2.75, 3.05) is 16.2 Å². The molecule has 1 aromatic rings. The summed E-state index contributed by atoms with van der Waals surface area (Å²) in [5, 5.41) is 1.49. The van der Waals surface area contributed by atoms with Crippen molar-refractivity contribution in [2.45, 2.75) is 74.5 Å². The molecule has 4 aliphatic rings. The topological polar surface area (TPSA) is 109 Å². The first kappa shape index (κ1) is 28.0. The number of sulfonamides is 1. The molecule has 1 aromatic carbocycles. The Morgan fingerprint density at radius 3 is 1.95 bits per heavy atom. The molecule has 208 valence electrons. The molecule has 0 aromatic heterocycles. The van der Waals surface area contributed by atoms with Gasteiger partial charge in [0.15, 0.2) is 0 Å². The number of carbonyl (C=O) groups excluding carboxylic acids is 1. The first-order chi connectivity index (χ1) is 16.9. The number of alkyl halides is 6. The molecule has 3 saturated carbocycles. The molecule has 0 atom stereocenters. The Bertz CT molecular complexity index is 1250. The molecular weight excluding hydrogens is 550 g/mol. The van der Waals surface area contributed by atoms with E-state index in [4.69, 9.17) is 0 Å². The summed E-state index contributed by atoms with van der Waals surface area (Å²) < 4.78 is 132. The Labute approximate surface area is 210 Å². The number of sulfone groups is 1. The van der Waals surface area contributed by atoms with Crippen LogP contribution in [-0.4, -0.2) is 51.2 Å². The van der Waals surface area contributed by atoms with Gasteiger partial charge in [-0.05, 0) is 69.6 Å². The summed E-state index contributed by atoms with van der Waals surface area (Å²) >= 11 is 0. The van der Waals surface area contributed by atoms with Crippen LogP contribution in [0.5, 0.6) is 0 Å². The average Bonchev–Trinajstić information content (AvgIpc) is 2.78. The van der Waals surface area contributed by atoms with Crippen molar-refractivity contribution in [3.05, 3.63) is 29.3 Å². The normalized spacial score (nSPS) is 28.6. The molecule has 1 heterocycles. The van der Waals surface area contributed by atoms with Crippen molar-refractivity contribution in [1.82, 2.24) is 5.32 Å². The number of carbonyl (C=O) groups is 1. The number of amides is 1. The first-order valence-corrected chi connectivity index (χ1v) is 15.1. The highest BCUT2D eigenvalue weighted by atomic mass is 32.2. The molecule has 1 amide bonds. The lowest BCUT2D eigenvalue weighted by atomic mass is 9.57. The highest BCUT2D eigenvalue weighted by Gasteiger charge is 2.61. The van der Waals surface area contributed by atoms with Crippen LogP contribution >= 0.6 is 0 Å². The summed E-state index contributed by atoms with van der Waals surface area (Å²) in [6.45, 7) is 0. The van der Waals surface area contributed by atoms with Crippen molar-refractivity contribution in [3.8, 4) is 0 Å². The molecule has 2 bridgehead atoms. The molecule has 1 aliphatic heterocycles. The summed E-state index contributed by atoms with van der Waals surface area (Å²) in [4.78, 5) is 13.2. The lowest BCUT2D eigenvalue weighted by Crippen LogP contribution is -2.59. The largest absolute Gasteiger partial charge is 0.416 e. The van der Waals surface area contributed by atoms with Crippen molar-refractivity contribution < 1.29 is 48.0 Å². The maximum absolute atomic E-state index is 13.5. The number of benzene rings is 1. The monoisotopic (exact) mass is 576 g/mol. The standard InChI is InChI=1S/C22H26F6N2O5S2/c23-21(24,25)14-1-2-17(30-37(34,35)15-3-11-36(32,33)12-4-15)16(13-14)18(31)29-20-8-5-19(6-9-20,7-10-20)22(26,27)28/h1-2,13,15,30H,3-12H2,(H,29,31). The third-order valence-corrected chi connectivity index (χ3v) is 11.6. The van der Waals surface area contributed by atoms with Crippen LogP contribution in [0.25, 0.3) is 0 Å². The van der Waals surface area contributed by atoms with E-state index in [1.807, 2.05) is 0 Å². The second-order valence-corrected chi connectivity index (χ2v) is 14.5. The van der Waals surface area contributed by atoms with E-state index in [1.165, 1.54) is 0 Å². The number of rotatable bonds is 5. The molecule has 4 fully saturated rings. The van der Waals surface area contributed by atoms with Crippen LogP contribution in [0.3, 0.4) is 0 Å². The summed E-state index contributed by atoms with van der Waals surface area (Å²) in [5.41, 5.74) is -5.11. The van der Waals surface area contributed by atoms with Crippen LogP contribution < -0.4 is 10.0 Å². The molecular formula is C22H26F6N2O5S2. The molecule has 3 aliphatic carbocycles. The predicted octanol–water partition coefficient (Wildman–Crippen LogP) is 4.41. The zero-order valence-electron chi connectivity index (χ0n) is 19.5. The minimum absolute atomic E-state index is 0.00514. The fourth-order valence-electron chi connectivity index (χ4n) is 5.52. The number of anilines is 1. The fourth-order valence-corrected chi connectivity index (χ4v) is 8.82. The van der Waals surface area contributed by atoms with E-state index in [-0.39, 0.29) is 62.9 Å². The number of hydrogen-bond donors (Lipinski definition) is 2. The van der Waals surface area contributed by atoms with Gasteiger partial charge in [-0.2, -0.15) is 26.3 Å². The van der Waals surface area contributed by atoms with Crippen LogP contribution in [0.4, 0.5) is 32.0 Å². The van der Waals surface area contributed by atoms with Gasteiger partial charge in [0.25, 0.3) is 5.91 Å². The van der Waals surface area contributed by atoms with Crippen molar-refractivity contribution in [2.24, 2.45) is 5.41 Å². The van der Waals surface area contributed by atoms with Crippen LogP contribution in [0.2, 0.25) is 0 Å². The van der Waals surface area contributed by atoms with Crippen LogP contribution in [0.15, 0.2) is 18.2 Å². The predicted molar refractivity (Wildman–Crippen MR) is 122 cm³/mol. The Hall–Kier alpha value is -2.03. The lowest BCUT2D eigenvalue weighted by molar-refractivity contribution is -0.253. The van der Waals surface area contributed by atoms with Gasteiger partial charge in [-0.25, -0.2) is 16.8 Å². The van der Waals surface area contributed by atoms with E-state index in [0.717, 1.165) is 6.07 Å². The highest BCUT2D eigenvalue weighted by molar-refractivity contribution is 7.94. The lowest BCUT2D eigenvalue weighted by Gasteiger charge is -2.54. The Kier molecular flexibility index (Phi) is 6.83. The van der Waals surface area contributed by atoms with E-state index >= 15 is 0 Å². The number of fused-ring (bicyclic) bond motifs is 3. The van der Waals surface area contributed by atoms with Gasteiger partial charge in [0.05, 0.1) is 39.0 Å². The molecule has 7 nitrogen and oxygen atoms in total. The molecule has 0 spiro atoms. The minimum Gasteiger partial charge on any atom is -0.347 e. The molecule has 15 heteroatoms. The SMILES string of the molecule is O=C(NC12CCC(C(F)(F)F)(CC1)CC2)c1cc(C(F)(F)F)ccc1NS(=O)(=O)C1CCS(=O)(=O)CC1. The second-order valence-electron chi connectivity index (χ2n) is 10.3. The molecule has 5 rings (SSSR count). The van der Waals surface area contributed by atoms with Crippen LogP contribution in [0, 0.1) is 5.41 Å².